The van der Waals surface area contributed by atoms with E-state index in [9.17, 15) is 14.7 Å². The zero-order chi connectivity index (χ0) is 15.3. The summed E-state index contributed by atoms with van der Waals surface area (Å²) >= 11 is 0. The number of carboxylic acids is 1. The molecular weight excluding hydrogens is 270 g/mol. The van der Waals surface area contributed by atoms with Crippen molar-refractivity contribution in [2.24, 2.45) is 0 Å². The van der Waals surface area contributed by atoms with Crippen molar-refractivity contribution >= 4 is 11.9 Å². The summed E-state index contributed by atoms with van der Waals surface area (Å²) in [6, 6.07) is 7.35. The van der Waals surface area contributed by atoms with Gasteiger partial charge >= 0.3 is 5.97 Å². The van der Waals surface area contributed by atoms with Gasteiger partial charge in [0.1, 0.15) is 11.3 Å². The molecule has 0 unspecified atom stereocenters. The molecule has 1 aromatic rings. The highest BCUT2D eigenvalue weighted by atomic mass is 16.5. The summed E-state index contributed by atoms with van der Waals surface area (Å²) in [6.45, 7) is 2.67. The number of hydrogen-bond acceptors (Lipinski definition) is 3. The Balaban J connectivity index is 1.95. The Morgan fingerprint density at radius 1 is 1.38 bits per heavy atom. The summed E-state index contributed by atoms with van der Waals surface area (Å²) in [5.74, 6) is -0.467. The maximum absolute atomic E-state index is 12.0. The third kappa shape index (κ3) is 3.74. The minimum atomic E-state index is -1.05. The first-order chi connectivity index (χ1) is 10.1. The summed E-state index contributed by atoms with van der Waals surface area (Å²) in [5, 5.41) is 11.9. The molecule has 1 fully saturated rings. The van der Waals surface area contributed by atoms with Crippen molar-refractivity contribution in [2.75, 3.05) is 6.61 Å². The Hall–Kier alpha value is -2.04. The van der Waals surface area contributed by atoms with Gasteiger partial charge in [0.2, 0.25) is 5.91 Å². The first-order valence-electron chi connectivity index (χ1n) is 7.32. The summed E-state index contributed by atoms with van der Waals surface area (Å²) < 4.78 is 5.52. The van der Waals surface area contributed by atoms with E-state index in [-0.39, 0.29) is 12.3 Å². The van der Waals surface area contributed by atoms with Gasteiger partial charge in [-0.05, 0) is 43.4 Å². The van der Waals surface area contributed by atoms with Crippen LogP contribution in [0.2, 0.25) is 0 Å². The predicted molar refractivity (Wildman–Crippen MR) is 78.3 cm³/mol. The monoisotopic (exact) mass is 291 g/mol. The minimum Gasteiger partial charge on any atom is -0.494 e. The first kappa shape index (κ1) is 15.4. The lowest BCUT2D eigenvalue weighted by molar-refractivity contribution is -0.151. The van der Waals surface area contributed by atoms with Crippen LogP contribution in [0.5, 0.6) is 5.75 Å². The number of aliphatic carboxylic acids is 1. The van der Waals surface area contributed by atoms with Gasteiger partial charge in [-0.15, -0.1) is 0 Å². The smallest absolute Gasteiger partial charge is 0.329 e. The molecule has 5 heteroatoms. The van der Waals surface area contributed by atoms with Crippen LogP contribution in [0.4, 0.5) is 0 Å². The Morgan fingerprint density at radius 3 is 2.71 bits per heavy atom. The maximum Gasteiger partial charge on any atom is 0.329 e. The molecule has 0 atom stereocenters. The molecule has 0 heterocycles. The van der Waals surface area contributed by atoms with Gasteiger partial charge in [0, 0.05) is 0 Å². The SMILES string of the molecule is CCCOc1cccc(CC(=O)NC2(C(=O)O)CCC2)c1. The molecule has 2 N–H and O–H groups in total. The number of amides is 1. The molecule has 0 bridgehead atoms. The zero-order valence-electron chi connectivity index (χ0n) is 12.2. The van der Waals surface area contributed by atoms with E-state index in [0.29, 0.717) is 19.4 Å². The Morgan fingerprint density at radius 2 is 2.14 bits per heavy atom. The Labute approximate surface area is 124 Å². The van der Waals surface area contributed by atoms with Gasteiger partial charge in [0.25, 0.3) is 0 Å². The molecule has 0 aromatic heterocycles. The second kappa shape index (κ2) is 6.61. The zero-order valence-corrected chi connectivity index (χ0v) is 12.2. The molecule has 2 rings (SSSR count). The maximum atomic E-state index is 12.0. The first-order valence-corrected chi connectivity index (χ1v) is 7.32. The van der Waals surface area contributed by atoms with Gasteiger partial charge < -0.3 is 15.2 Å². The van der Waals surface area contributed by atoms with Crippen molar-refractivity contribution in [3.63, 3.8) is 0 Å². The molecule has 114 valence electrons. The number of nitrogens with one attached hydrogen (secondary N) is 1. The molecule has 0 saturated heterocycles. The van der Waals surface area contributed by atoms with Crippen LogP contribution in [0, 0.1) is 0 Å². The van der Waals surface area contributed by atoms with Gasteiger partial charge in [-0.25, -0.2) is 4.79 Å². The van der Waals surface area contributed by atoms with Crippen molar-refractivity contribution < 1.29 is 19.4 Å². The summed E-state index contributed by atoms with van der Waals surface area (Å²) in [6.07, 6.45) is 2.94. The largest absolute Gasteiger partial charge is 0.494 e. The fourth-order valence-corrected chi connectivity index (χ4v) is 2.38. The third-order valence-electron chi connectivity index (χ3n) is 3.73. The molecule has 0 aliphatic heterocycles. The average molecular weight is 291 g/mol. The van der Waals surface area contributed by atoms with E-state index < -0.39 is 11.5 Å². The van der Waals surface area contributed by atoms with E-state index in [4.69, 9.17) is 4.74 Å². The van der Waals surface area contributed by atoms with E-state index in [1.165, 1.54) is 0 Å². The van der Waals surface area contributed by atoms with Crippen molar-refractivity contribution in [3.05, 3.63) is 29.8 Å². The molecule has 5 nitrogen and oxygen atoms in total. The lowest BCUT2D eigenvalue weighted by Gasteiger charge is -2.38. The molecule has 0 spiro atoms. The highest BCUT2D eigenvalue weighted by Gasteiger charge is 2.45. The lowest BCUT2D eigenvalue weighted by Crippen LogP contribution is -2.59. The van der Waals surface area contributed by atoms with Gasteiger partial charge in [0.15, 0.2) is 0 Å². The number of carboxylic acid groups (broad SMARTS) is 1. The molecule has 21 heavy (non-hydrogen) atoms. The van der Waals surface area contributed by atoms with Crippen LogP contribution in [0.15, 0.2) is 24.3 Å². The standard InChI is InChI=1S/C16H21NO4/c1-2-9-21-13-6-3-5-12(10-13)11-14(18)17-16(15(19)20)7-4-8-16/h3,5-6,10H,2,4,7-9,11H2,1H3,(H,17,18)(H,19,20). The Kier molecular flexibility index (Phi) is 4.83. The molecule has 1 aliphatic rings. The van der Waals surface area contributed by atoms with Gasteiger partial charge in [0.05, 0.1) is 13.0 Å². The van der Waals surface area contributed by atoms with Gasteiger partial charge in [-0.3, -0.25) is 4.79 Å². The average Bonchev–Trinajstić information content (AvgIpc) is 2.40. The van der Waals surface area contributed by atoms with Crippen molar-refractivity contribution in [2.45, 2.75) is 44.6 Å². The number of carbonyl (C=O) groups is 2. The number of carbonyl (C=O) groups excluding carboxylic acids is 1. The van der Waals surface area contributed by atoms with Crippen molar-refractivity contribution in [3.8, 4) is 5.75 Å². The van der Waals surface area contributed by atoms with E-state index in [0.717, 1.165) is 24.2 Å². The van der Waals surface area contributed by atoms with E-state index in [1.54, 1.807) is 0 Å². The van der Waals surface area contributed by atoms with Crippen LogP contribution < -0.4 is 10.1 Å². The highest BCUT2D eigenvalue weighted by Crippen LogP contribution is 2.32. The van der Waals surface area contributed by atoms with Gasteiger partial charge in [-0.2, -0.15) is 0 Å². The number of rotatable bonds is 7. The molecule has 0 radical (unpaired) electrons. The Bertz CT molecular complexity index is 523. The fraction of sp³-hybridized carbons (Fsp3) is 0.500. The number of ether oxygens (including phenoxy) is 1. The summed E-state index contributed by atoms with van der Waals surface area (Å²) in [7, 11) is 0. The molecule has 1 aliphatic carbocycles. The van der Waals surface area contributed by atoms with Crippen molar-refractivity contribution in [1.82, 2.24) is 5.32 Å². The van der Waals surface area contributed by atoms with E-state index in [2.05, 4.69) is 5.32 Å². The second-order valence-corrected chi connectivity index (χ2v) is 5.46. The molecular formula is C16H21NO4. The molecule has 1 aromatic carbocycles. The topological polar surface area (TPSA) is 75.6 Å². The van der Waals surface area contributed by atoms with Crippen LogP contribution in [0.25, 0.3) is 0 Å². The van der Waals surface area contributed by atoms with Crippen LogP contribution in [-0.4, -0.2) is 29.1 Å². The van der Waals surface area contributed by atoms with Gasteiger partial charge in [-0.1, -0.05) is 19.1 Å². The lowest BCUT2D eigenvalue weighted by atomic mass is 9.76. The van der Waals surface area contributed by atoms with Crippen LogP contribution in [-0.2, 0) is 16.0 Å². The van der Waals surface area contributed by atoms with E-state index in [1.807, 2.05) is 31.2 Å². The predicted octanol–water partition coefficient (Wildman–Crippen LogP) is 2.14. The van der Waals surface area contributed by atoms with Crippen LogP contribution in [0.1, 0.15) is 38.2 Å². The summed E-state index contributed by atoms with van der Waals surface area (Å²) in [5.41, 5.74) is -0.228. The second-order valence-electron chi connectivity index (χ2n) is 5.46. The quantitative estimate of drug-likeness (QED) is 0.807. The van der Waals surface area contributed by atoms with Crippen molar-refractivity contribution in [1.29, 1.82) is 0 Å². The van der Waals surface area contributed by atoms with E-state index >= 15 is 0 Å². The summed E-state index contributed by atoms with van der Waals surface area (Å²) in [4.78, 5) is 23.3. The van der Waals surface area contributed by atoms with Crippen LogP contribution >= 0.6 is 0 Å². The van der Waals surface area contributed by atoms with Crippen LogP contribution in [0.3, 0.4) is 0 Å². The highest BCUT2D eigenvalue weighted by molar-refractivity contribution is 5.88. The molecule has 1 amide bonds. The number of benzene rings is 1. The fourth-order valence-electron chi connectivity index (χ4n) is 2.38. The minimum absolute atomic E-state index is 0.165. The molecule has 1 saturated carbocycles. The normalized spacial score (nSPS) is 15.9. The third-order valence-corrected chi connectivity index (χ3v) is 3.73. The number of hydrogen-bond donors (Lipinski definition) is 2.